The van der Waals surface area contributed by atoms with Gasteiger partial charge in [0.25, 0.3) is 0 Å². The molecule has 2 aliphatic rings. The Balaban J connectivity index is 1.93. The van der Waals surface area contributed by atoms with Crippen molar-refractivity contribution in [3.8, 4) is 0 Å². The molecule has 1 aliphatic heterocycles. The molecule has 2 heteroatoms. The number of carbonyl (C=O) groups excluding carboxylic acids is 1. The third-order valence-corrected chi connectivity index (χ3v) is 5.70. The molecule has 0 bridgehead atoms. The highest BCUT2D eigenvalue weighted by molar-refractivity contribution is 5.91. The number of amides is 1. The van der Waals surface area contributed by atoms with Crippen molar-refractivity contribution >= 4 is 12.0 Å². The van der Waals surface area contributed by atoms with Crippen molar-refractivity contribution in [2.24, 2.45) is 5.92 Å². The molecule has 0 unspecified atom stereocenters. The first-order valence-electron chi connectivity index (χ1n) is 8.71. The summed E-state index contributed by atoms with van der Waals surface area (Å²) < 4.78 is 0. The van der Waals surface area contributed by atoms with Crippen LogP contribution in [0.2, 0.25) is 0 Å². The molecule has 0 spiro atoms. The lowest BCUT2D eigenvalue weighted by Crippen LogP contribution is -2.47. The van der Waals surface area contributed by atoms with Crippen LogP contribution in [0.25, 0.3) is 6.08 Å². The first-order chi connectivity index (χ1) is 11.5. The molecule has 1 fully saturated rings. The second kappa shape index (κ2) is 5.34. The Hall–Kier alpha value is -2.35. The van der Waals surface area contributed by atoms with Crippen molar-refractivity contribution in [3.05, 3.63) is 77.4 Å². The number of hydrogen-bond acceptors (Lipinski definition) is 1. The quantitative estimate of drug-likeness (QED) is 0.794. The van der Waals surface area contributed by atoms with Crippen LogP contribution in [0.1, 0.15) is 43.4 Å². The molecule has 0 N–H and O–H groups in total. The zero-order valence-electron chi connectivity index (χ0n) is 14.4. The van der Waals surface area contributed by atoms with Gasteiger partial charge in [-0.2, -0.15) is 0 Å². The minimum absolute atomic E-state index is 0.0844. The van der Waals surface area contributed by atoms with Gasteiger partial charge in [0, 0.05) is 12.0 Å². The number of benzene rings is 2. The number of fused-ring (bicyclic) bond motifs is 3. The number of rotatable bonds is 2. The first-order valence-corrected chi connectivity index (χ1v) is 8.71. The maximum Gasteiger partial charge on any atom is 0.231 e. The summed E-state index contributed by atoms with van der Waals surface area (Å²) in [5.41, 5.74) is 3.23. The van der Waals surface area contributed by atoms with Gasteiger partial charge in [-0.25, -0.2) is 0 Å². The van der Waals surface area contributed by atoms with Crippen LogP contribution in [0, 0.1) is 5.92 Å². The first kappa shape index (κ1) is 15.2. The van der Waals surface area contributed by atoms with Crippen molar-refractivity contribution in [2.45, 2.75) is 38.3 Å². The van der Waals surface area contributed by atoms with E-state index in [9.17, 15) is 4.79 Å². The smallest absolute Gasteiger partial charge is 0.231 e. The molecule has 122 valence electrons. The normalized spacial score (nSPS) is 28.2. The van der Waals surface area contributed by atoms with Gasteiger partial charge >= 0.3 is 0 Å². The Bertz CT molecular complexity index is 808. The Kier molecular flexibility index (Phi) is 3.38. The number of likely N-dealkylation sites (tertiary alicyclic amines) is 1. The minimum Gasteiger partial charge on any atom is -0.330 e. The lowest BCUT2D eigenvalue weighted by molar-refractivity contribution is -0.134. The highest BCUT2D eigenvalue weighted by atomic mass is 16.2. The fraction of sp³-hybridized carbons (Fsp3) is 0.318. The lowest BCUT2D eigenvalue weighted by Gasteiger charge is -2.42. The monoisotopic (exact) mass is 317 g/mol. The van der Waals surface area contributed by atoms with Crippen LogP contribution >= 0.6 is 0 Å². The molecular weight excluding hydrogens is 294 g/mol. The highest BCUT2D eigenvalue weighted by Gasteiger charge is 2.57. The van der Waals surface area contributed by atoms with Crippen LogP contribution < -0.4 is 0 Å². The lowest BCUT2D eigenvalue weighted by atomic mass is 9.71. The summed E-state index contributed by atoms with van der Waals surface area (Å²) in [5, 5.41) is 0. The van der Waals surface area contributed by atoms with E-state index in [0.717, 1.165) is 0 Å². The van der Waals surface area contributed by atoms with E-state index >= 15 is 0 Å². The van der Waals surface area contributed by atoms with E-state index in [4.69, 9.17) is 0 Å². The van der Waals surface area contributed by atoms with Crippen LogP contribution in [0.3, 0.4) is 0 Å². The van der Waals surface area contributed by atoms with Crippen LogP contribution in [0.4, 0.5) is 0 Å². The molecule has 1 amide bonds. The van der Waals surface area contributed by atoms with Crippen molar-refractivity contribution < 1.29 is 4.79 Å². The maximum atomic E-state index is 13.4. The molecule has 1 saturated heterocycles. The molecule has 2 aromatic carbocycles. The second-order valence-corrected chi connectivity index (χ2v) is 7.31. The molecule has 1 heterocycles. The molecule has 0 saturated carbocycles. The van der Waals surface area contributed by atoms with E-state index in [1.807, 2.05) is 18.2 Å². The molecule has 2 nitrogen and oxygen atoms in total. The SMILES string of the molecule is CC(C)N1C(=O)[C@H]2c3ccccc3C=C[C@H]2[C@@]1(C)c1ccccc1. The average molecular weight is 317 g/mol. The van der Waals surface area contributed by atoms with Gasteiger partial charge in [-0.05, 0) is 37.5 Å². The molecular formula is C22H23NO. The number of carbonyl (C=O) groups is 1. The zero-order chi connectivity index (χ0) is 16.9. The van der Waals surface area contributed by atoms with Crippen molar-refractivity contribution in [1.29, 1.82) is 0 Å². The van der Waals surface area contributed by atoms with Crippen LogP contribution in [-0.4, -0.2) is 16.8 Å². The highest BCUT2D eigenvalue weighted by Crippen LogP contribution is 2.54. The fourth-order valence-electron chi connectivity index (χ4n) is 4.69. The maximum absolute atomic E-state index is 13.4. The summed E-state index contributed by atoms with van der Waals surface area (Å²) in [6.07, 6.45) is 4.44. The third kappa shape index (κ3) is 1.92. The predicted octanol–water partition coefficient (Wildman–Crippen LogP) is 4.58. The summed E-state index contributed by atoms with van der Waals surface area (Å²) in [6.45, 7) is 6.46. The summed E-state index contributed by atoms with van der Waals surface area (Å²) in [6, 6.07) is 18.9. The Labute approximate surface area is 143 Å². The largest absolute Gasteiger partial charge is 0.330 e. The molecule has 4 rings (SSSR count). The standard InChI is InChI=1S/C22H23NO/c1-15(2)23-21(24)20-18-12-8-7-9-16(18)13-14-19(20)22(23,3)17-10-5-4-6-11-17/h4-15,19-20H,1-3H3/t19-,20+,22-/m1/s1. The Morgan fingerprint density at radius 1 is 1.00 bits per heavy atom. The van der Waals surface area contributed by atoms with Gasteiger partial charge in [0.05, 0.1) is 11.5 Å². The predicted molar refractivity (Wildman–Crippen MR) is 97.5 cm³/mol. The summed E-state index contributed by atoms with van der Waals surface area (Å²) >= 11 is 0. The topological polar surface area (TPSA) is 20.3 Å². The molecule has 1 aliphatic carbocycles. The van der Waals surface area contributed by atoms with E-state index in [2.05, 4.69) is 74.2 Å². The molecule has 2 aromatic rings. The van der Waals surface area contributed by atoms with E-state index in [0.29, 0.717) is 0 Å². The molecule has 0 aromatic heterocycles. The number of nitrogens with zero attached hydrogens (tertiary/aromatic N) is 1. The van der Waals surface area contributed by atoms with E-state index in [1.165, 1.54) is 16.7 Å². The zero-order valence-corrected chi connectivity index (χ0v) is 14.4. The Morgan fingerprint density at radius 2 is 1.67 bits per heavy atom. The van der Waals surface area contributed by atoms with Crippen molar-refractivity contribution in [3.63, 3.8) is 0 Å². The van der Waals surface area contributed by atoms with Gasteiger partial charge in [0.15, 0.2) is 0 Å². The second-order valence-electron chi connectivity index (χ2n) is 7.31. The number of hydrogen-bond donors (Lipinski definition) is 0. The van der Waals surface area contributed by atoms with Gasteiger partial charge in [-0.15, -0.1) is 0 Å². The Morgan fingerprint density at radius 3 is 2.38 bits per heavy atom. The van der Waals surface area contributed by atoms with Crippen molar-refractivity contribution in [1.82, 2.24) is 4.90 Å². The van der Waals surface area contributed by atoms with Crippen molar-refractivity contribution in [2.75, 3.05) is 0 Å². The molecule has 3 atom stereocenters. The van der Waals surface area contributed by atoms with Gasteiger partial charge in [-0.3, -0.25) is 4.79 Å². The average Bonchev–Trinajstić information content (AvgIpc) is 2.84. The van der Waals surface area contributed by atoms with E-state index in [-0.39, 0.29) is 29.3 Å². The fourth-order valence-corrected chi connectivity index (χ4v) is 4.69. The van der Waals surface area contributed by atoms with Gasteiger partial charge in [0.2, 0.25) is 5.91 Å². The summed E-state index contributed by atoms with van der Waals surface area (Å²) in [5.74, 6) is 0.321. The van der Waals surface area contributed by atoms with E-state index < -0.39 is 0 Å². The van der Waals surface area contributed by atoms with Gasteiger partial charge in [0.1, 0.15) is 0 Å². The molecule has 0 radical (unpaired) electrons. The summed E-state index contributed by atoms with van der Waals surface area (Å²) in [4.78, 5) is 15.5. The van der Waals surface area contributed by atoms with Gasteiger partial charge in [-0.1, -0.05) is 66.7 Å². The molecule has 24 heavy (non-hydrogen) atoms. The van der Waals surface area contributed by atoms with Crippen LogP contribution in [0.15, 0.2) is 60.7 Å². The minimum atomic E-state index is -0.318. The van der Waals surface area contributed by atoms with E-state index in [1.54, 1.807) is 0 Å². The van der Waals surface area contributed by atoms with Crippen LogP contribution in [0.5, 0.6) is 0 Å². The third-order valence-electron chi connectivity index (χ3n) is 5.70. The van der Waals surface area contributed by atoms with Gasteiger partial charge < -0.3 is 4.90 Å². The summed E-state index contributed by atoms with van der Waals surface area (Å²) in [7, 11) is 0. The van der Waals surface area contributed by atoms with Crippen LogP contribution in [-0.2, 0) is 10.3 Å².